The Bertz CT molecular complexity index is 604. The van der Waals surface area contributed by atoms with Crippen LogP contribution in [0.2, 0.25) is 0 Å². The van der Waals surface area contributed by atoms with Gasteiger partial charge in [0, 0.05) is 18.3 Å². The van der Waals surface area contributed by atoms with Crippen LogP contribution in [0.4, 0.5) is 5.69 Å². The normalized spacial score (nSPS) is 22.6. The van der Waals surface area contributed by atoms with Gasteiger partial charge in [0.2, 0.25) is 11.8 Å². The predicted molar refractivity (Wildman–Crippen MR) is 104 cm³/mol. The Kier molecular flexibility index (Phi) is 7.90. The maximum atomic E-state index is 12.7. The Hall–Kier alpha value is -1.59. The van der Waals surface area contributed by atoms with E-state index in [0.29, 0.717) is 0 Å². The van der Waals surface area contributed by atoms with Crippen LogP contribution in [0.15, 0.2) is 24.3 Å². The van der Waals surface area contributed by atoms with E-state index in [0.717, 1.165) is 43.4 Å². The molecule has 2 amide bonds. The minimum atomic E-state index is -0.477. The average molecular weight is 368 g/mol. The standard InChI is InChI=1S/C19H29N3O2.ClH/c1-4-14-9-5-6-11-16(14)21-17(23)13-22(3)18(24)15-10-7-8-12-19(15,2)20;/h5-6,9,11,15H,4,7-8,10,12-13,20H2,1-3H3,(H,21,23);1H. The number of benzene rings is 1. The van der Waals surface area contributed by atoms with Crippen LogP contribution in [0.3, 0.4) is 0 Å². The van der Waals surface area contributed by atoms with Gasteiger partial charge < -0.3 is 16.0 Å². The number of likely N-dealkylation sites (N-methyl/N-ethyl adjacent to an activating group) is 1. The van der Waals surface area contributed by atoms with E-state index >= 15 is 0 Å². The summed E-state index contributed by atoms with van der Waals surface area (Å²) in [5, 5.41) is 2.91. The van der Waals surface area contributed by atoms with E-state index in [2.05, 4.69) is 5.32 Å². The Morgan fingerprint density at radius 1 is 1.32 bits per heavy atom. The van der Waals surface area contributed by atoms with Crippen LogP contribution in [-0.2, 0) is 16.0 Å². The molecule has 0 spiro atoms. The van der Waals surface area contributed by atoms with Crippen molar-refractivity contribution in [2.75, 3.05) is 18.9 Å². The molecule has 1 aromatic rings. The van der Waals surface area contributed by atoms with Gasteiger partial charge in [-0.2, -0.15) is 0 Å². The minimum absolute atomic E-state index is 0. The van der Waals surface area contributed by atoms with Gasteiger partial charge in [-0.15, -0.1) is 12.4 Å². The molecule has 0 aromatic heterocycles. The van der Waals surface area contributed by atoms with Gasteiger partial charge in [0.25, 0.3) is 0 Å². The third kappa shape index (κ3) is 5.44. The third-order valence-corrected chi connectivity index (χ3v) is 4.98. The van der Waals surface area contributed by atoms with Crippen molar-refractivity contribution in [3.8, 4) is 0 Å². The minimum Gasteiger partial charge on any atom is -0.336 e. The molecule has 1 aliphatic rings. The molecule has 25 heavy (non-hydrogen) atoms. The van der Waals surface area contributed by atoms with E-state index in [4.69, 9.17) is 5.73 Å². The molecule has 1 aliphatic carbocycles. The van der Waals surface area contributed by atoms with Crippen LogP contribution in [0.5, 0.6) is 0 Å². The number of nitrogens with one attached hydrogen (secondary N) is 1. The van der Waals surface area contributed by atoms with Gasteiger partial charge in [0.1, 0.15) is 0 Å². The quantitative estimate of drug-likeness (QED) is 0.840. The molecular formula is C19H30ClN3O2. The summed E-state index contributed by atoms with van der Waals surface area (Å²) in [5.74, 6) is -0.410. The number of amides is 2. The number of nitrogens with zero attached hydrogens (tertiary/aromatic N) is 1. The zero-order valence-corrected chi connectivity index (χ0v) is 16.2. The highest BCUT2D eigenvalue weighted by atomic mass is 35.5. The van der Waals surface area contributed by atoms with Crippen molar-refractivity contribution in [2.45, 2.75) is 51.5 Å². The number of hydrogen-bond donors (Lipinski definition) is 2. The summed E-state index contributed by atoms with van der Waals surface area (Å²) in [5.41, 5.74) is 7.72. The third-order valence-electron chi connectivity index (χ3n) is 4.98. The molecule has 1 aromatic carbocycles. The second kappa shape index (κ2) is 9.20. The van der Waals surface area contributed by atoms with Gasteiger partial charge >= 0.3 is 0 Å². The number of para-hydroxylation sites is 1. The maximum absolute atomic E-state index is 12.7. The largest absolute Gasteiger partial charge is 0.336 e. The van der Waals surface area contributed by atoms with Gasteiger partial charge in [0.05, 0.1) is 12.5 Å². The molecule has 0 radical (unpaired) electrons. The van der Waals surface area contributed by atoms with E-state index in [9.17, 15) is 9.59 Å². The van der Waals surface area contributed by atoms with E-state index in [1.54, 1.807) is 7.05 Å². The molecule has 2 unspecified atom stereocenters. The molecule has 1 fully saturated rings. The lowest BCUT2D eigenvalue weighted by molar-refractivity contribution is -0.139. The van der Waals surface area contributed by atoms with Crippen molar-refractivity contribution in [3.05, 3.63) is 29.8 Å². The summed E-state index contributed by atoms with van der Waals surface area (Å²) in [7, 11) is 1.68. The Morgan fingerprint density at radius 3 is 2.64 bits per heavy atom. The molecule has 0 aliphatic heterocycles. The highest BCUT2D eigenvalue weighted by molar-refractivity contribution is 5.95. The number of nitrogens with two attached hydrogens (primary N) is 1. The van der Waals surface area contributed by atoms with Crippen molar-refractivity contribution >= 4 is 29.9 Å². The topological polar surface area (TPSA) is 75.4 Å². The van der Waals surface area contributed by atoms with Crippen LogP contribution < -0.4 is 11.1 Å². The SMILES string of the molecule is CCc1ccccc1NC(=O)CN(C)C(=O)C1CCCCC1(C)N.Cl. The summed E-state index contributed by atoms with van der Waals surface area (Å²) in [6.45, 7) is 4.04. The van der Waals surface area contributed by atoms with Crippen LogP contribution in [-0.4, -0.2) is 35.8 Å². The van der Waals surface area contributed by atoms with Crippen LogP contribution in [0.25, 0.3) is 0 Å². The van der Waals surface area contributed by atoms with Crippen LogP contribution in [0.1, 0.15) is 45.1 Å². The number of carbonyl (C=O) groups excluding carboxylic acids is 2. The lowest BCUT2D eigenvalue weighted by atomic mass is 9.74. The molecule has 0 bridgehead atoms. The van der Waals surface area contributed by atoms with E-state index in [1.165, 1.54) is 4.90 Å². The summed E-state index contributed by atoms with van der Waals surface area (Å²) in [6, 6.07) is 7.73. The molecule has 0 heterocycles. The molecule has 3 N–H and O–H groups in total. The second-order valence-corrected chi connectivity index (χ2v) is 7.06. The number of aryl methyl sites for hydroxylation is 1. The van der Waals surface area contributed by atoms with Crippen molar-refractivity contribution in [1.82, 2.24) is 4.90 Å². The first-order valence-electron chi connectivity index (χ1n) is 8.76. The van der Waals surface area contributed by atoms with Crippen molar-refractivity contribution in [3.63, 3.8) is 0 Å². The monoisotopic (exact) mass is 367 g/mol. The molecule has 140 valence electrons. The first-order chi connectivity index (χ1) is 11.3. The van der Waals surface area contributed by atoms with Crippen molar-refractivity contribution in [1.29, 1.82) is 0 Å². The lowest BCUT2D eigenvalue weighted by Gasteiger charge is -2.39. The van der Waals surface area contributed by atoms with Gasteiger partial charge in [-0.05, 0) is 37.8 Å². The fourth-order valence-electron chi connectivity index (χ4n) is 3.46. The maximum Gasteiger partial charge on any atom is 0.243 e. The van der Waals surface area contributed by atoms with Crippen molar-refractivity contribution in [2.24, 2.45) is 11.7 Å². The fourth-order valence-corrected chi connectivity index (χ4v) is 3.46. The number of hydrogen-bond acceptors (Lipinski definition) is 3. The summed E-state index contributed by atoms with van der Waals surface area (Å²) >= 11 is 0. The average Bonchev–Trinajstić information content (AvgIpc) is 2.54. The Labute approximate surface area is 156 Å². The van der Waals surface area contributed by atoms with Crippen molar-refractivity contribution < 1.29 is 9.59 Å². The van der Waals surface area contributed by atoms with Crippen LogP contribution in [0, 0.1) is 5.92 Å². The van der Waals surface area contributed by atoms with Gasteiger partial charge in [-0.25, -0.2) is 0 Å². The summed E-state index contributed by atoms with van der Waals surface area (Å²) in [6.07, 6.45) is 4.59. The smallest absolute Gasteiger partial charge is 0.243 e. The molecule has 0 saturated heterocycles. The molecule has 2 atom stereocenters. The zero-order chi connectivity index (χ0) is 17.7. The number of anilines is 1. The Morgan fingerprint density at radius 2 is 2.00 bits per heavy atom. The first-order valence-corrected chi connectivity index (χ1v) is 8.76. The van der Waals surface area contributed by atoms with E-state index < -0.39 is 5.54 Å². The molecule has 5 nitrogen and oxygen atoms in total. The van der Waals surface area contributed by atoms with Gasteiger partial charge in [0.15, 0.2) is 0 Å². The second-order valence-electron chi connectivity index (χ2n) is 7.06. The predicted octanol–water partition coefficient (Wildman–Crippen LogP) is 2.98. The molecular weight excluding hydrogens is 338 g/mol. The van der Waals surface area contributed by atoms with E-state index in [1.807, 2.05) is 38.1 Å². The van der Waals surface area contributed by atoms with E-state index in [-0.39, 0.29) is 36.7 Å². The summed E-state index contributed by atoms with van der Waals surface area (Å²) in [4.78, 5) is 26.5. The Balaban J connectivity index is 0.00000312. The molecule has 6 heteroatoms. The number of carbonyl (C=O) groups is 2. The molecule has 1 saturated carbocycles. The number of rotatable bonds is 5. The highest BCUT2D eigenvalue weighted by Gasteiger charge is 2.39. The first kappa shape index (κ1) is 21.5. The lowest BCUT2D eigenvalue weighted by Crippen LogP contribution is -2.53. The summed E-state index contributed by atoms with van der Waals surface area (Å²) < 4.78 is 0. The fraction of sp³-hybridized carbons (Fsp3) is 0.579. The van der Waals surface area contributed by atoms with Gasteiger partial charge in [-0.1, -0.05) is 38.0 Å². The molecule has 2 rings (SSSR count). The van der Waals surface area contributed by atoms with Crippen LogP contribution >= 0.6 is 12.4 Å². The number of halogens is 1. The highest BCUT2D eigenvalue weighted by Crippen LogP contribution is 2.32. The zero-order valence-electron chi connectivity index (χ0n) is 15.4. The van der Waals surface area contributed by atoms with Gasteiger partial charge in [-0.3, -0.25) is 9.59 Å².